The predicted octanol–water partition coefficient (Wildman–Crippen LogP) is 4.62. The Hall–Kier alpha value is -3.06. The second kappa shape index (κ2) is 9.53. The summed E-state index contributed by atoms with van der Waals surface area (Å²) in [4.78, 5) is 14.2. The largest absolute Gasteiger partial charge is 0.438 e. The summed E-state index contributed by atoms with van der Waals surface area (Å²) in [6.45, 7) is 5.26. The number of alkyl halides is 2. The van der Waals surface area contributed by atoms with Crippen molar-refractivity contribution in [2.24, 2.45) is 0 Å². The topological polar surface area (TPSA) is 83.2 Å². The lowest BCUT2D eigenvalue weighted by atomic mass is 9.96. The number of nitrogens with one attached hydrogen (secondary N) is 1. The lowest BCUT2D eigenvalue weighted by molar-refractivity contribution is -0.155. The molecule has 2 aliphatic rings. The third kappa shape index (κ3) is 5.78. The molecule has 2 heterocycles. The number of amides is 1. The minimum atomic E-state index is -3.14. The van der Waals surface area contributed by atoms with Crippen molar-refractivity contribution in [3.05, 3.63) is 53.6 Å². The van der Waals surface area contributed by atoms with E-state index in [1.165, 1.54) is 18.3 Å². The first-order valence-corrected chi connectivity index (χ1v) is 11.8. The summed E-state index contributed by atoms with van der Waals surface area (Å²) in [5.41, 5.74) is 0.767. The number of halogens is 3. The fourth-order valence-corrected chi connectivity index (χ4v) is 5.04. The molecule has 4 unspecified atom stereocenters. The Morgan fingerprint density at radius 1 is 1.23 bits per heavy atom. The predicted molar refractivity (Wildman–Crippen MR) is 122 cm³/mol. The Kier molecular flexibility index (Phi) is 6.82. The van der Waals surface area contributed by atoms with E-state index in [9.17, 15) is 23.2 Å². The summed E-state index contributed by atoms with van der Waals surface area (Å²) in [5.74, 6) is -3.40. The molecule has 1 aliphatic carbocycles. The highest BCUT2D eigenvalue weighted by atomic mass is 19.3. The van der Waals surface area contributed by atoms with Gasteiger partial charge in [0.15, 0.2) is 6.10 Å². The molecule has 0 bridgehead atoms. The number of nitriles is 1. The number of piperidine rings is 1. The van der Waals surface area contributed by atoms with Gasteiger partial charge in [-0.25, -0.2) is 18.0 Å². The molecule has 7 nitrogen and oxygen atoms in total. The summed E-state index contributed by atoms with van der Waals surface area (Å²) in [7, 11) is 0. The molecule has 4 atom stereocenters. The van der Waals surface area contributed by atoms with Crippen LogP contribution in [-0.4, -0.2) is 57.5 Å². The number of hydrogen-bond acceptors (Lipinski definition) is 5. The molecule has 1 saturated heterocycles. The van der Waals surface area contributed by atoms with Crippen molar-refractivity contribution in [1.82, 2.24) is 20.0 Å². The van der Waals surface area contributed by atoms with Gasteiger partial charge in [-0.05, 0) is 57.2 Å². The summed E-state index contributed by atoms with van der Waals surface area (Å²) >= 11 is 0. The van der Waals surface area contributed by atoms with Gasteiger partial charge in [0.05, 0.1) is 17.8 Å². The molecule has 1 aliphatic heterocycles. The number of aromatic nitrogens is 2. The van der Waals surface area contributed by atoms with E-state index in [1.807, 2.05) is 4.90 Å². The van der Waals surface area contributed by atoms with Gasteiger partial charge in [-0.15, -0.1) is 0 Å². The second-order valence-electron chi connectivity index (χ2n) is 10.5. The minimum absolute atomic E-state index is 0.0614. The van der Waals surface area contributed by atoms with Gasteiger partial charge in [-0.2, -0.15) is 10.4 Å². The molecular formula is C25H30F3N5O2. The number of hydrogen-bond donors (Lipinski definition) is 1. The molecule has 2 fully saturated rings. The standard InChI is InChI=1S/C25H30F3N5O2/c1-24(2,3)31-23(34)35-22-15-32(9-8-25(22,27)28)20-10-18(17-4-6-19(26)7-5-17)11-21(20)33-14-16(12-29)13-30-33/h4-7,13-14,18,20-22H,8-11,15H2,1-3H3,(H,31,34). The number of rotatable bonds is 4. The monoisotopic (exact) mass is 489 g/mol. The summed E-state index contributed by atoms with van der Waals surface area (Å²) in [6, 6.07) is 8.04. The van der Waals surface area contributed by atoms with E-state index in [0.717, 1.165) is 5.56 Å². The van der Waals surface area contributed by atoms with Gasteiger partial charge in [0.1, 0.15) is 11.9 Å². The summed E-state index contributed by atoms with van der Waals surface area (Å²) in [6.07, 6.45) is 1.55. The van der Waals surface area contributed by atoms with Crippen LogP contribution in [0.1, 0.15) is 63.1 Å². The molecule has 1 saturated carbocycles. The Morgan fingerprint density at radius 3 is 2.54 bits per heavy atom. The van der Waals surface area contributed by atoms with Gasteiger partial charge in [0.2, 0.25) is 0 Å². The van der Waals surface area contributed by atoms with Crippen LogP contribution in [0.25, 0.3) is 0 Å². The maximum absolute atomic E-state index is 14.8. The quantitative estimate of drug-likeness (QED) is 0.678. The molecule has 4 rings (SSSR count). The third-order valence-electron chi connectivity index (χ3n) is 6.71. The number of alkyl carbamates (subject to hydrolysis) is 1. The van der Waals surface area contributed by atoms with Crippen molar-refractivity contribution < 1.29 is 22.7 Å². The molecule has 1 N–H and O–H groups in total. The van der Waals surface area contributed by atoms with Crippen LogP contribution in [0.15, 0.2) is 36.7 Å². The average molecular weight is 490 g/mol. The van der Waals surface area contributed by atoms with Gasteiger partial charge in [-0.1, -0.05) is 12.1 Å². The van der Waals surface area contributed by atoms with Crippen molar-refractivity contribution >= 4 is 6.09 Å². The smallest absolute Gasteiger partial charge is 0.408 e. The molecule has 35 heavy (non-hydrogen) atoms. The van der Waals surface area contributed by atoms with Crippen molar-refractivity contribution in [2.45, 2.75) is 75.6 Å². The molecular weight excluding hydrogens is 459 g/mol. The zero-order valence-electron chi connectivity index (χ0n) is 20.0. The maximum Gasteiger partial charge on any atom is 0.408 e. The fourth-order valence-electron chi connectivity index (χ4n) is 5.04. The van der Waals surface area contributed by atoms with Crippen LogP contribution in [0.2, 0.25) is 0 Å². The van der Waals surface area contributed by atoms with Crippen molar-refractivity contribution in [1.29, 1.82) is 5.26 Å². The van der Waals surface area contributed by atoms with Gasteiger partial charge in [0, 0.05) is 37.3 Å². The van der Waals surface area contributed by atoms with E-state index >= 15 is 0 Å². The van der Waals surface area contributed by atoms with Gasteiger partial charge in [0.25, 0.3) is 5.92 Å². The number of carbonyl (C=O) groups is 1. The van der Waals surface area contributed by atoms with Crippen molar-refractivity contribution in [3.8, 4) is 6.07 Å². The van der Waals surface area contributed by atoms with Gasteiger partial charge in [-0.3, -0.25) is 9.58 Å². The van der Waals surface area contributed by atoms with Crippen LogP contribution in [0.4, 0.5) is 18.0 Å². The zero-order valence-corrected chi connectivity index (χ0v) is 20.0. The lowest BCUT2D eigenvalue weighted by Gasteiger charge is -2.42. The highest BCUT2D eigenvalue weighted by Gasteiger charge is 2.50. The van der Waals surface area contributed by atoms with Gasteiger partial charge < -0.3 is 10.1 Å². The Bertz CT molecular complexity index is 1090. The van der Waals surface area contributed by atoms with E-state index in [-0.39, 0.29) is 36.9 Å². The third-order valence-corrected chi connectivity index (χ3v) is 6.71. The fraction of sp³-hybridized carbons (Fsp3) is 0.560. The number of carbonyl (C=O) groups excluding carboxylic acids is 1. The number of likely N-dealkylation sites (tertiary alicyclic amines) is 1. The minimum Gasteiger partial charge on any atom is -0.438 e. The van der Waals surface area contributed by atoms with E-state index in [4.69, 9.17) is 4.74 Å². The van der Waals surface area contributed by atoms with Crippen LogP contribution in [0, 0.1) is 17.1 Å². The highest BCUT2D eigenvalue weighted by molar-refractivity contribution is 5.68. The van der Waals surface area contributed by atoms with Crippen LogP contribution in [0.3, 0.4) is 0 Å². The SMILES string of the molecule is CC(C)(C)NC(=O)OC1CN(C2CC(c3ccc(F)cc3)CC2n2cc(C#N)cn2)CCC1(F)F. The number of ether oxygens (including phenoxy) is 1. The first-order chi connectivity index (χ1) is 16.4. The Balaban J connectivity index is 1.57. The second-order valence-corrected chi connectivity index (χ2v) is 10.5. The molecule has 1 aromatic carbocycles. The zero-order chi connectivity index (χ0) is 25.4. The van der Waals surface area contributed by atoms with Crippen LogP contribution in [-0.2, 0) is 4.74 Å². The summed E-state index contributed by atoms with van der Waals surface area (Å²) < 4.78 is 49.9. The molecule has 1 amide bonds. The normalized spacial score (nSPS) is 26.8. The Morgan fingerprint density at radius 2 is 1.91 bits per heavy atom. The molecule has 188 valence electrons. The van der Waals surface area contributed by atoms with Gasteiger partial charge >= 0.3 is 6.09 Å². The van der Waals surface area contributed by atoms with Crippen molar-refractivity contribution in [3.63, 3.8) is 0 Å². The molecule has 0 radical (unpaired) electrons. The molecule has 1 aromatic heterocycles. The first kappa shape index (κ1) is 25.0. The average Bonchev–Trinajstić information content (AvgIpc) is 3.41. The number of benzene rings is 1. The molecule has 10 heteroatoms. The van der Waals surface area contributed by atoms with E-state index in [0.29, 0.717) is 18.4 Å². The van der Waals surface area contributed by atoms with E-state index < -0.39 is 30.1 Å². The highest BCUT2D eigenvalue weighted by Crippen LogP contribution is 2.45. The first-order valence-electron chi connectivity index (χ1n) is 11.8. The van der Waals surface area contributed by atoms with Crippen LogP contribution in [0.5, 0.6) is 0 Å². The summed E-state index contributed by atoms with van der Waals surface area (Å²) in [5, 5.41) is 16.2. The van der Waals surface area contributed by atoms with Crippen LogP contribution >= 0.6 is 0 Å². The van der Waals surface area contributed by atoms with Crippen LogP contribution < -0.4 is 5.32 Å². The maximum atomic E-state index is 14.8. The lowest BCUT2D eigenvalue weighted by Crippen LogP contribution is -2.57. The molecule has 0 spiro atoms. The van der Waals surface area contributed by atoms with E-state index in [1.54, 1.807) is 43.8 Å². The Labute approximate surface area is 202 Å². The van der Waals surface area contributed by atoms with Crippen molar-refractivity contribution in [2.75, 3.05) is 13.1 Å². The number of nitrogens with zero attached hydrogens (tertiary/aromatic N) is 4. The molecule has 2 aromatic rings. The van der Waals surface area contributed by atoms with E-state index in [2.05, 4.69) is 16.5 Å².